The zero-order chi connectivity index (χ0) is 22.8. The Hall–Kier alpha value is -2.93. The van der Waals surface area contributed by atoms with Gasteiger partial charge in [0.15, 0.2) is 15.6 Å². The molecule has 2 N–H and O–H groups in total. The number of carbonyl (C=O) groups is 1. The molecule has 0 aliphatic carbocycles. The Bertz CT molecular complexity index is 1180. The standard InChI is InChI=1S/C24H29N3O3S/c1-5-20(17-10-7-6-8-11-17)27-21(15-23(26-27)24(2,3)4)22(28)16-31(29,30)19-13-9-12-18(25)14-19/h6-15,20H,5,16,25H2,1-4H3. The first-order valence-electron chi connectivity index (χ1n) is 10.3. The molecule has 0 fully saturated rings. The summed E-state index contributed by atoms with van der Waals surface area (Å²) in [5, 5.41) is 4.75. The number of hydrogen-bond donors (Lipinski definition) is 1. The highest BCUT2D eigenvalue weighted by Crippen LogP contribution is 2.29. The molecule has 0 spiro atoms. The first kappa shape index (κ1) is 22.7. The lowest BCUT2D eigenvalue weighted by Gasteiger charge is -2.19. The van der Waals surface area contributed by atoms with Crippen LogP contribution in [-0.2, 0) is 15.3 Å². The maximum absolute atomic E-state index is 13.3. The second-order valence-electron chi connectivity index (χ2n) is 8.70. The van der Waals surface area contributed by atoms with E-state index in [-0.39, 0.29) is 16.4 Å². The monoisotopic (exact) mass is 439 g/mol. The largest absolute Gasteiger partial charge is 0.399 e. The van der Waals surface area contributed by atoms with Gasteiger partial charge < -0.3 is 5.73 Å². The lowest BCUT2D eigenvalue weighted by atomic mass is 9.92. The summed E-state index contributed by atoms with van der Waals surface area (Å²) in [6.07, 6.45) is 0.706. The number of nitrogens with two attached hydrogens (primary N) is 1. The van der Waals surface area contributed by atoms with Crippen LogP contribution in [0.3, 0.4) is 0 Å². The van der Waals surface area contributed by atoms with E-state index in [9.17, 15) is 13.2 Å². The van der Waals surface area contributed by atoms with Crippen molar-refractivity contribution in [2.24, 2.45) is 0 Å². The first-order chi connectivity index (χ1) is 14.5. The van der Waals surface area contributed by atoms with E-state index in [1.165, 1.54) is 12.1 Å². The van der Waals surface area contributed by atoms with Crippen LogP contribution < -0.4 is 5.73 Å². The summed E-state index contributed by atoms with van der Waals surface area (Å²) in [5.74, 6) is -1.13. The van der Waals surface area contributed by atoms with Crippen molar-refractivity contribution < 1.29 is 13.2 Å². The van der Waals surface area contributed by atoms with Gasteiger partial charge in [-0.15, -0.1) is 0 Å². The van der Waals surface area contributed by atoms with Gasteiger partial charge in [0.25, 0.3) is 0 Å². The molecule has 1 atom stereocenters. The number of rotatable bonds is 7. The van der Waals surface area contributed by atoms with Gasteiger partial charge in [-0.2, -0.15) is 5.10 Å². The molecule has 164 valence electrons. The van der Waals surface area contributed by atoms with Crippen LogP contribution in [0.25, 0.3) is 0 Å². The van der Waals surface area contributed by atoms with Crippen molar-refractivity contribution in [2.75, 3.05) is 11.5 Å². The normalized spacial score (nSPS) is 13.2. The summed E-state index contributed by atoms with van der Waals surface area (Å²) < 4.78 is 27.5. The van der Waals surface area contributed by atoms with E-state index in [2.05, 4.69) is 0 Å². The summed E-state index contributed by atoms with van der Waals surface area (Å²) in [6, 6.07) is 17.4. The lowest BCUT2D eigenvalue weighted by Crippen LogP contribution is -2.23. The third-order valence-electron chi connectivity index (χ3n) is 5.19. The second-order valence-corrected chi connectivity index (χ2v) is 10.7. The molecule has 0 saturated heterocycles. The number of nitrogen functional groups attached to an aromatic ring is 1. The van der Waals surface area contributed by atoms with E-state index in [0.717, 1.165) is 11.3 Å². The van der Waals surface area contributed by atoms with Crippen LogP contribution in [0.4, 0.5) is 5.69 Å². The molecular weight excluding hydrogens is 410 g/mol. The predicted molar refractivity (Wildman–Crippen MR) is 123 cm³/mol. The predicted octanol–water partition coefficient (Wildman–Crippen LogP) is 4.42. The van der Waals surface area contributed by atoms with Gasteiger partial charge in [-0.1, -0.05) is 64.1 Å². The average molecular weight is 440 g/mol. The van der Waals surface area contributed by atoms with E-state index >= 15 is 0 Å². The highest BCUT2D eigenvalue weighted by Gasteiger charge is 2.29. The SMILES string of the molecule is CCC(c1ccccc1)n1nc(C(C)(C)C)cc1C(=O)CS(=O)(=O)c1cccc(N)c1. The number of Topliss-reactive ketones (excluding diaryl/α,β-unsaturated/α-hetero) is 1. The fourth-order valence-electron chi connectivity index (χ4n) is 3.47. The molecule has 0 aliphatic heterocycles. The maximum Gasteiger partial charge on any atom is 0.196 e. The molecule has 0 aliphatic rings. The highest BCUT2D eigenvalue weighted by atomic mass is 32.2. The lowest BCUT2D eigenvalue weighted by molar-refractivity contribution is 0.100. The Morgan fingerprint density at radius 2 is 1.74 bits per heavy atom. The summed E-state index contributed by atoms with van der Waals surface area (Å²) in [4.78, 5) is 13.3. The zero-order valence-corrected chi connectivity index (χ0v) is 19.2. The Labute approximate surface area is 184 Å². The zero-order valence-electron chi connectivity index (χ0n) is 18.4. The minimum absolute atomic E-state index is 0.0399. The van der Waals surface area contributed by atoms with E-state index in [1.807, 2.05) is 58.0 Å². The number of benzene rings is 2. The Balaban J connectivity index is 2.05. The maximum atomic E-state index is 13.3. The number of anilines is 1. The fourth-order valence-corrected chi connectivity index (χ4v) is 4.73. The smallest absolute Gasteiger partial charge is 0.196 e. The molecule has 1 heterocycles. The van der Waals surface area contributed by atoms with Gasteiger partial charge in [0, 0.05) is 11.1 Å². The van der Waals surface area contributed by atoms with Crippen molar-refractivity contribution >= 4 is 21.3 Å². The van der Waals surface area contributed by atoms with Gasteiger partial charge in [0.05, 0.1) is 16.6 Å². The highest BCUT2D eigenvalue weighted by molar-refractivity contribution is 7.92. The molecule has 31 heavy (non-hydrogen) atoms. The third-order valence-corrected chi connectivity index (χ3v) is 6.81. The number of ketones is 1. The number of aromatic nitrogens is 2. The molecule has 3 rings (SSSR count). The van der Waals surface area contributed by atoms with Gasteiger partial charge in [0.1, 0.15) is 11.4 Å². The van der Waals surface area contributed by atoms with Crippen molar-refractivity contribution in [1.82, 2.24) is 9.78 Å². The van der Waals surface area contributed by atoms with Crippen LogP contribution in [0, 0.1) is 0 Å². The van der Waals surface area contributed by atoms with Gasteiger partial charge in [0.2, 0.25) is 0 Å². The van der Waals surface area contributed by atoms with Gasteiger partial charge in [-0.05, 0) is 36.2 Å². The molecule has 7 heteroatoms. The van der Waals surface area contributed by atoms with E-state index < -0.39 is 21.4 Å². The van der Waals surface area contributed by atoms with Gasteiger partial charge in [-0.3, -0.25) is 9.48 Å². The summed E-state index contributed by atoms with van der Waals surface area (Å²) in [5.41, 5.74) is 7.83. The minimum atomic E-state index is -3.84. The Morgan fingerprint density at radius 1 is 1.06 bits per heavy atom. The van der Waals surface area contributed by atoms with Crippen LogP contribution >= 0.6 is 0 Å². The van der Waals surface area contributed by atoms with Crippen molar-refractivity contribution in [1.29, 1.82) is 0 Å². The van der Waals surface area contributed by atoms with Crippen molar-refractivity contribution in [3.05, 3.63) is 77.6 Å². The summed E-state index contributed by atoms with van der Waals surface area (Å²) in [6.45, 7) is 8.07. The van der Waals surface area contributed by atoms with Crippen LogP contribution in [0.5, 0.6) is 0 Å². The van der Waals surface area contributed by atoms with Crippen LogP contribution in [-0.4, -0.2) is 29.7 Å². The second kappa shape index (κ2) is 8.67. The van der Waals surface area contributed by atoms with Gasteiger partial charge >= 0.3 is 0 Å². The number of carbonyl (C=O) groups excluding carboxylic acids is 1. The first-order valence-corrected chi connectivity index (χ1v) is 11.9. The number of hydrogen-bond acceptors (Lipinski definition) is 5. The van der Waals surface area contributed by atoms with Crippen molar-refractivity contribution in [2.45, 2.75) is 50.5 Å². The van der Waals surface area contributed by atoms with Crippen LogP contribution in [0.1, 0.15) is 61.9 Å². The summed E-state index contributed by atoms with van der Waals surface area (Å²) in [7, 11) is -3.84. The molecule has 1 unspecified atom stereocenters. The Kier molecular flexibility index (Phi) is 6.36. The Morgan fingerprint density at radius 3 is 2.32 bits per heavy atom. The van der Waals surface area contributed by atoms with Crippen molar-refractivity contribution in [3.63, 3.8) is 0 Å². The van der Waals surface area contributed by atoms with E-state index in [4.69, 9.17) is 10.8 Å². The van der Waals surface area contributed by atoms with E-state index in [0.29, 0.717) is 17.8 Å². The molecule has 3 aromatic rings. The molecule has 1 aromatic heterocycles. The minimum Gasteiger partial charge on any atom is -0.399 e. The van der Waals surface area contributed by atoms with Gasteiger partial charge in [-0.25, -0.2) is 8.42 Å². The number of nitrogens with zero attached hydrogens (tertiary/aromatic N) is 2. The quantitative estimate of drug-likeness (QED) is 0.434. The third kappa shape index (κ3) is 5.05. The molecule has 6 nitrogen and oxygen atoms in total. The molecule has 0 amide bonds. The van der Waals surface area contributed by atoms with Crippen LogP contribution in [0.2, 0.25) is 0 Å². The topological polar surface area (TPSA) is 95.0 Å². The van der Waals surface area contributed by atoms with Crippen molar-refractivity contribution in [3.8, 4) is 0 Å². The van der Waals surface area contributed by atoms with Crippen LogP contribution in [0.15, 0.2) is 65.6 Å². The number of sulfone groups is 1. The average Bonchev–Trinajstić information content (AvgIpc) is 3.15. The molecule has 0 saturated carbocycles. The fraction of sp³-hybridized carbons (Fsp3) is 0.333. The molecular formula is C24H29N3O3S. The molecule has 0 radical (unpaired) electrons. The molecule has 0 bridgehead atoms. The summed E-state index contributed by atoms with van der Waals surface area (Å²) >= 11 is 0. The molecule has 2 aromatic carbocycles. The van der Waals surface area contributed by atoms with E-state index in [1.54, 1.807) is 22.9 Å².